The Morgan fingerprint density at radius 2 is 2.10 bits per heavy atom. The van der Waals surface area contributed by atoms with Gasteiger partial charge in [-0.3, -0.25) is 4.79 Å². The Morgan fingerprint density at radius 3 is 2.60 bits per heavy atom. The Hall–Kier alpha value is -1.76. The van der Waals surface area contributed by atoms with Crippen molar-refractivity contribution < 1.29 is 22.7 Å². The van der Waals surface area contributed by atoms with Gasteiger partial charge in [-0.05, 0) is 25.1 Å². The fraction of sp³-hybridized carbons (Fsp3) is 0.462. The molecule has 0 bridgehead atoms. The number of ether oxygens (including phenoxy) is 1. The van der Waals surface area contributed by atoms with Crippen LogP contribution in [0.5, 0.6) is 5.75 Å². The normalized spacial score (nSPS) is 12.9. The Morgan fingerprint density at radius 1 is 1.45 bits per heavy atom. The molecule has 1 rings (SSSR count). The molecule has 3 N–H and O–H groups in total. The topological polar surface area (TPSA) is 64.3 Å². The van der Waals surface area contributed by atoms with Gasteiger partial charge in [-0.1, -0.05) is 6.92 Å². The number of carbonyl (C=O) groups is 1. The molecule has 0 aliphatic heterocycles. The third-order valence-electron chi connectivity index (χ3n) is 2.67. The molecule has 1 aromatic rings. The van der Waals surface area contributed by atoms with E-state index in [1.165, 1.54) is 6.07 Å². The van der Waals surface area contributed by atoms with Crippen molar-refractivity contribution in [3.63, 3.8) is 0 Å². The third-order valence-corrected chi connectivity index (χ3v) is 2.67. The molecule has 112 valence electrons. The molecule has 0 saturated carbocycles. The molecule has 0 aliphatic rings. The van der Waals surface area contributed by atoms with Crippen LogP contribution in [0.25, 0.3) is 0 Å². The number of rotatable bonds is 5. The van der Waals surface area contributed by atoms with Gasteiger partial charge in [-0.25, -0.2) is 0 Å². The molecule has 4 nitrogen and oxygen atoms in total. The van der Waals surface area contributed by atoms with Gasteiger partial charge in [0.15, 0.2) is 0 Å². The van der Waals surface area contributed by atoms with Crippen molar-refractivity contribution in [2.24, 2.45) is 11.7 Å². The fourth-order valence-corrected chi connectivity index (χ4v) is 1.45. The number of amides is 1. The van der Waals surface area contributed by atoms with E-state index in [0.717, 1.165) is 12.1 Å². The van der Waals surface area contributed by atoms with Crippen molar-refractivity contribution in [1.82, 2.24) is 0 Å². The van der Waals surface area contributed by atoms with Gasteiger partial charge in [0, 0.05) is 12.5 Å². The summed E-state index contributed by atoms with van der Waals surface area (Å²) in [7, 11) is 0. The molecular weight excluding hydrogens is 273 g/mol. The molecule has 0 heterocycles. The molecular formula is C13H17F3N2O2. The number of nitrogens with one attached hydrogen (secondary N) is 1. The Kier molecular flexibility index (Phi) is 5.38. The van der Waals surface area contributed by atoms with Crippen molar-refractivity contribution in [1.29, 1.82) is 0 Å². The second-order valence-electron chi connectivity index (χ2n) is 4.27. The Labute approximate surface area is 115 Å². The summed E-state index contributed by atoms with van der Waals surface area (Å²) in [5, 5.41) is 2.41. The summed E-state index contributed by atoms with van der Waals surface area (Å²) in [4.78, 5) is 11.7. The molecule has 0 saturated heterocycles. The maximum Gasteiger partial charge on any atom is 0.416 e. The first-order chi connectivity index (χ1) is 9.29. The molecule has 20 heavy (non-hydrogen) atoms. The highest BCUT2D eigenvalue weighted by molar-refractivity contribution is 5.94. The molecule has 1 amide bonds. The van der Waals surface area contributed by atoms with Crippen LogP contribution in [0.1, 0.15) is 19.4 Å². The van der Waals surface area contributed by atoms with Crippen molar-refractivity contribution in [2.75, 3.05) is 18.5 Å². The lowest BCUT2D eigenvalue weighted by Gasteiger charge is -2.16. The van der Waals surface area contributed by atoms with Gasteiger partial charge in [-0.15, -0.1) is 0 Å². The highest BCUT2D eigenvalue weighted by Gasteiger charge is 2.31. The second-order valence-corrected chi connectivity index (χ2v) is 4.27. The van der Waals surface area contributed by atoms with E-state index in [-0.39, 0.29) is 24.6 Å². The van der Waals surface area contributed by atoms with E-state index in [9.17, 15) is 18.0 Å². The molecule has 1 unspecified atom stereocenters. The summed E-state index contributed by atoms with van der Waals surface area (Å²) in [5.41, 5.74) is 4.49. The van der Waals surface area contributed by atoms with E-state index < -0.39 is 23.6 Å². The minimum Gasteiger partial charge on any atom is -0.492 e. The van der Waals surface area contributed by atoms with Crippen LogP contribution in [-0.2, 0) is 11.0 Å². The summed E-state index contributed by atoms with van der Waals surface area (Å²) >= 11 is 0. The van der Waals surface area contributed by atoms with Gasteiger partial charge in [0.2, 0.25) is 5.91 Å². The van der Waals surface area contributed by atoms with Gasteiger partial charge in [-0.2, -0.15) is 13.2 Å². The summed E-state index contributed by atoms with van der Waals surface area (Å²) in [6, 6.07) is 2.95. The predicted molar refractivity (Wildman–Crippen MR) is 69.5 cm³/mol. The van der Waals surface area contributed by atoms with Crippen molar-refractivity contribution in [3.8, 4) is 5.75 Å². The molecule has 1 atom stereocenters. The molecule has 7 heteroatoms. The fourth-order valence-electron chi connectivity index (χ4n) is 1.45. The van der Waals surface area contributed by atoms with Gasteiger partial charge in [0.25, 0.3) is 0 Å². The molecule has 0 spiro atoms. The van der Waals surface area contributed by atoms with Gasteiger partial charge >= 0.3 is 6.18 Å². The SMILES string of the molecule is CCOc1ccc(C(F)(F)F)cc1NC(=O)C(C)CN. The number of anilines is 1. The molecule has 0 aromatic heterocycles. The van der Waals surface area contributed by atoms with E-state index in [1.807, 2.05) is 0 Å². The Balaban J connectivity index is 3.09. The van der Waals surface area contributed by atoms with Crippen molar-refractivity contribution in [3.05, 3.63) is 23.8 Å². The van der Waals surface area contributed by atoms with E-state index in [2.05, 4.69) is 5.32 Å². The van der Waals surface area contributed by atoms with Crippen LogP contribution in [0.4, 0.5) is 18.9 Å². The number of alkyl halides is 3. The number of hydrogen-bond donors (Lipinski definition) is 2. The standard InChI is InChI=1S/C13H17F3N2O2/c1-3-20-11-5-4-9(13(14,15)16)6-10(11)18-12(19)8(2)7-17/h4-6,8H,3,7,17H2,1-2H3,(H,18,19). The molecule has 1 aromatic carbocycles. The van der Waals surface area contributed by atoms with Crippen LogP contribution >= 0.6 is 0 Å². The minimum atomic E-state index is -4.48. The summed E-state index contributed by atoms with van der Waals surface area (Å²) in [6.07, 6.45) is -4.48. The van der Waals surface area contributed by atoms with E-state index in [1.54, 1.807) is 13.8 Å². The number of halogens is 3. The van der Waals surface area contributed by atoms with Gasteiger partial charge in [0.05, 0.1) is 17.9 Å². The average molecular weight is 290 g/mol. The van der Waals surface area contributed by atoms with Crippen LogP contribution in [0.2, 0.25) is 0 Å². The number of benzene rings is 1. The minimum absolute atomic E-state index is 0.00743. The van der Waals surface area contributed by atoms with Gasteiger partial charge < -0.3 is 15.8 Å². The number of hydrogen-bond acceptors (Lipinski definition) is 3. The van der Waals surface area contributed by atoms with Gasteiger partial charge in [0.1, 0.15) is 5.75 Å². The van der Waals surface area contributed by atoms with Crippen LogP contribution in [0.15, 0.2) is 18.2 Å². The van der Waals surface area contributed by atoms with Crippen LogP contribution < -0.4 is 15.8 Å². The zero-order chi connectivity index (χ0) is 15.3. The summed E-state index contributed by atoms with van der Waals surface area (Å²) in [6.45, 7) is 3.67. The molecule has 0 fully saturated rings. The van der Waals surface area contributed by atoms with Crippen molar-refractivity contribution >= 4 is 11.6 Å². The van der Waals surface area contributed by atoms with Crippen LogP contribution in [0.3, 0.4) is 0 Å². The largest absolute Gasteiger partial charge is 0.492 e. The van der Waals surface area contributed by atoms with Crippen molar-refractivity contribution in [2.45, 2.75) is 20.0 Å². The lowest BCUT2D eigenvalue weighted by atomic mass is 10.1. The summed E-state index contributed by atoms with van der Waals surface area (Å²) in [5.74, 6) is -0.759. The quantitative estimate of drug-likeness (QED) is 0.876. The number of carbonyl (C=O) groups excluding carboxylic acids is 1. The Bertz CT molecular complexity index is 475. The predicted octanol–water partition coefficient (Wildman–Crippen LogP) is 2.64. The zero-order valence-electron chi connectivity index (χ0n) is 11.3. The maximum atomic E-state index is 12.7. The second kappa shape index (κ2) is 6.60. The maximum absolute atomic E-state index is 12.7. The third kappa shape index (κ3) is 4.12. The van der Waals surface area contributed by atoms with E-state index in [0.29, 0.717) is 0 Å². The monoisotopic (exact) mass is 290 g/mol. The first-order valence-electron chi connectivity index (χ1n) is 6.14. The van der Waals surface area contributed by atoms with Crippen LogP contribution in [-0.4, -0.2) is 19.1 Å². The van der Waals surface area contributed by atoms with E-state index >= 15 is 0 Å². The number of nitrogens with two attached hydrogens (primary N) is 1. The zero-order valence-corrected chi connectivity index (χ0v) is 11.3. The highest BCUT2D eigenvalue weighted by Crippen LogP contribution is 2.35. The first kappa shape index (κ1) is 16.3. The molecule has 0 radical (unpaired) electrons. The average Bonchev–Trinajstić information content (AvgIpc) is 2.38. The lowest BCUT2D eigenvalue weighted by Crippen LogP contribution is -2.27. The van der Waals surface area contributed by atoms with Crippen LogP contribution in [0, 0.1) is 5.92 Å². The highest BCUT2D eigenvalue weighted by atomic mass is 19.4. The summed E-state index contributed by atoms with van der Waals surface area (Å²) < 4.78 is 43.2. The first-order valence-corrected chi connectivity index (χ1v) is 6.14. The van der Waals surface area contributed by atoms with E-state index in [4.69, 9.17) is 10.5 Å². The molecule has 0 aliphatic carbocycles. The smallest absolute Gasteiger partial charge is 0.416 e. The lowest BCUT2D eigenvalue weighted by molar-refractivity contribution is -0.137.